The van der Waals surface area contributed by atoms with Crippen LogP contribution in [0.15, 0.2) is 64.8 Å². The molecule has 0 saturated heterocycles. The number of nitro groups is 1. The molecule has 162 valence electrons. The Balaban J connectivity index is 2.01. The third-order valence-electron chi connectivity index (χ3n) is 4.45. The van der Waals surface area contributed by atoms with Gasteiger partial charge in [-0.1, -0.05) is 16.6 Å². The summed E-state index contributed by atoms with van der Waals surface area (Å²) < 4.78 is 32.8. The van der Waals surface area contributed by atoms with Crippen LogP contribution in [0.4, 0.5) is 5.69 Å². The lowest BCUT2D eigenvalue weighted by atomic mass is 9.90. The van der Waals surface area contributed by atoms with Crippen LogP contribution in [-0.2, 0) is 19.7 Å². The zero-order chi connectivity index (χ0) is 22.4. The van der Waals surface area contributed by atoms with E-state index in [0.29, 0.717) is 18.0 Å². The number of rotatable bonds is 10. The van der Waals surface area contributed by atoms with Crippen LogP contribution in [0, 0.1) is 10.1 Å². The molecule has 13 heteroatoms. The van der Waals surface area contributed by atoms with Crippen LogP contribution in [0.25, 0.3) is 5.57 Å². The minimum Gasteiger partial charge on any atom is -0.445 e. The van der Waals surface area contributed by atoms with Crippen LogP contribution < -0.4 is 0 Å². The van der Waals surface area contributed by atoms with Crippen molar-refractivity contribution in [2.24, 2.45) is 0 Å². The molecule has 3 rings (SSSR count). The molecule has 0 aliphatic carbocycles. The molecule has 1 aliphatic rings. The van der Waals surface area contributed by atoms with Gasteiger partial charge in [-0.3, -0.25) is 15.0 Å². The minimum atomic E-state index is -4.22. The van der Waals surface area contributed by atoms with Gasteiger partial charge in [0.15, 0.2) is 0 Å². The van der Waals surface area contributed by atoms with Crippen molar-refractivity contribution < 1.29 is 27.4 Å². The minimum absolute atomic E-state index is 0.0709. The molecule has 0 radical (unpaired) electrons. The van der Waals surface area contributed by atoms with E-state index in [1.54, 1.807) is 10.9 Å². The van der Waals surface area contributed by atoms with E-state index < -0.39 is 21.0 Å². The summed E-state index contributed by atoms with van der Waals surface area (Å²) in [7, 11) is -4.15. The first-order chi connectivity index (χ1) is 14.9. The van der Waals surface area contributed by atoms with Crippen LogP contribution >= 0.6 is 0 Å². The number of carbonyl (C=O) groups excluding carboxylic acids is 1. The standard InChI is InChI=1S/C18H19BN4O7S/c1-2-8-30-23(31(27,28)17-5-3-15(4-6-17)22(25)26)16-10-14(18-20-7-9-29-18)11-21(12-16)19-13-24/h2-7,9-10,13,16,19H,1,8,11-12H2. The molecule has 1 aliphatic heterocycles. The third-order valence-corrected chi connectivity index (χ3v) is 6.16. The van der Waals surface area contributed by atoms with Gasteiger partial charge in [0.2, 0.25) is 5.89 Å². The van der Waals surface area contributed by atoms with Gasteiger partial charge in [0.1, 0.15) is 6.26 Å². The van der Waals surface area contributed by atoms with Gasteiger partial charge in [-0.25, -0.2) is 13.4 Å². The fourth-order valence-electron chi connectivity index (χ4n) is 3.11. The van der Waals surface area contributed by atoms with Gasteiger partial charge in [-0.2, -0.15) is 0 Å². The van der Waals surface area contributed by atoms with Crippen LogP contribution in [-0.4, -0.2) is 66.9 Å². The van der Waals surface area contributed by atoms with Crippen molar-refractivity contribution in [3.05, 3.63) is 71.5 Å². The number of hydroxylamine groups is 1. The zero-order valence-electron chi connectivity index (χ0n) is 16.4. The van der Waals surface area contributed by atoms with Gasteiger partial charge >= 0.3 is 0 Å². The first-order valence-corrected chi connectivity index (χ1v) is 10.6. The summed E-state index contributed by atoms with van der Waals surface area (Å²) in [6, 6.07) is 3.67. The van der Waals surface area contributed by atoms with Crippen molar-refractivity contribution in [1.29, 1.82) is 0 Å². The maximum Gasteiger partial charge on any atom is 0.281 e. The van der Waals surface area contributed by atoms with Gasteiger partial charge in [0.05, 0.1) is 34.8 Å². The molecule has 2 aromatic rings. The molecular formula is C18H19BN4O7S. The number of non-ortho nitro benzene ring substituents is 1. The molecule has 1 unspecified atom stereocenters. The lowest BCUT2D eigenvalue weighted by molar-refractivity contribution is -0.384. The highest BCUT2D eigenvalue weighted by molar-refractivity contribution is 7.89. The molecule has 0 spiro atoms. The molecule has 1 aromatic heterocycles. The number of nitro benzene ring substituents is 1. The normalized spacial score (nSPS) is 17.2. The van der Waals surface area contributed by atoms with Crippen molar-refractivity contribution >= 4 is 34.9 Å². The van der Waals surface area contributed by atoms with Crippen molar-refractivity contribution in [2.45, 2.75) is 10.9 Å². The Labute approximate surface area is 179 Å². The second kappa shape index (κ2) is 9.79. The summed E-state index contributed by atoms with van der Waals surface area (Å²) in [5, 5.41) is 10.9. The zero-order valence-corrected chi connectivity index (χ0v) is 17.2. The summed E-state index contributed by atoms with van der Waals surface area (Å²) in [6.45, 7) is 3.96. The summed E-state index contributed by atoms with van der Waals surface area (Å²) in [5.74, 6) is 0.303. The molecule has 31 heavy (non-hydrogen) atoms. The first kappa shape index (κ1) is 22.6. The summed E-state index contributed by atoms with van der Waals surface area (Å²) >= 11 is 0. The van der Waals surface area contributed by atoms with E-state index in [2.05, 4.69) is 11.6 Å². The average Bonchev–Trinajstić information content (AvgIpc) is 3.29. The van der Waals surface area contributed by atoms with Crippen LogP contribution in [0.2, 0.25) is 0 Å². The van der Waals surface area contributed by atoms with E-state index in [-0.39, 0.29) is 31.1 Å². The van der Waals surface area contributed by atoms with E-state index >= 15 is 0 Å². The van der Waals surface area contributed by atoms with Gasteiger partial charge < -0.3 is 14.0 Å². The highest BCUT2D eigenvalue weighted by atomic mass is 32.2. The Kier molecular flexibility index (Phi) is 7.12. The molecule has 1 atom stereocenters. The highest BCUT2D eigenvalue weighted by Crippen LogP contribution is 2.27. The number of sulfonamides is 1. The van der Waals surface area contributed by atoms with E-state index in [1.165, 1.54) is 18.5 Å². The molecule has 0 fully saturated rings. The Morgan fingerprint density at radius 2 is 2.16 bits per heavy atom. The number of hydrogen-bond donors (Lipinski definition) is 0. The summed E-state index contributed by atoms with van der Waals surface area (Å²) in [6.07, 6.45) is 6.62. The number of aromatic nitrogens is 1. The number of nitrogens with zero attached hydrogens (tertiary/aromatic N) is 4. The molecule has 2 heterocycles. The van der Waals surface area contributed by atoms with Crippen LogP contribution in [0.1, 0.15) is 5.89 Å². The highest BCUT2D eigenvalue weighted by Gasteiger charge is 2.36. The molecular weight excluding hydrogens is 427 g/mol. The fraction of sp³-hybridized carbons (Fsp3) is 0.222. The Morgan fingerprint density at radius 1 is 1.42 bits per heavy atom. The fourth-order valence-corrected chi connectivity index (χ4v) is 4.49. The second-order valence-corrected chi connectivity index (χ2v) is 8.33. The lowest BCUT2D eigenvalue weighted by Crippen LogP contribution is -2.50. The summed E-state index contributed by atoms with van der Waals surface area (Å²) in [4.78, 5) is 32.5. The molecule has 0 bridgehead atoms. The van der Waals surface area contributed by atoms with E-state index in [1.807, 2.05) is 0 Å². The van der Waals surface area contributed by atoms with E-state index in [4.69, 9.17) is 9.25 Å². The van der Waals surface area contributed by atoms with Gasteiger partial charge in [-0.15, -0.1) is 6.58 Å². The van der Waals surface area contributed by atoms with Crippen LogP contribution in [0.3, 0.4) is 0 Å². The number of oxazole rings is 1. The van der Waals surface area contributed by atoms with Gasteiger partial charge in [0.25, 0.3) is 23.1 Å². The Hall–Kier alpha value is -3.13. The largest absolute Gasteiger partial charge is 0.445 e. The van der Waals surface area contributed by atoms with Crippen molar-refractivity contribution in [3.63, 3.8) is 0 Å². The summed E-state index contributed by atoms with van der Waals surface area (Å²) in [5.41, 5.74) is 0.354. The molecule has 0 amide bonds. The molecule has 0 N–H and O–H groups in total. The Morgan fingerprint density at radius 3 is 2.74 bits per heavy atom. The maximum absolute atomic E-state index is 13.3. The topological polar surface area (TPSA) is 136 Å². The predicted octanol–water partition coefficient (Wildman–Crippen LogP) is 1.00. The lowest BCUT2D eigenvalue weighted by Gasteiger charge is -2.35. The molecule has 1 aromatic carbocycles. The SMILES string of the molecule is C=CCON(C1C=C(c2ncco2)CN(BC=O)C1)S(=O)(=O)c1ccc([N+](=O)[O-])cc1. The first-order valence-electron chi connectivity index (χ1n) is 9.16. The number of carbonyl (C=O) groups is 1. The third kappa shape index (κ3) is 5.14. The van der Waals surface area contributed by atoms with Gasteiger partial charge in [-0.05, 0) is 12.1 Å². The number of hydrogen-bond acceptors (Lipinski definition) is 9. The van der Waals surface area contributed by atoms with Gasteiger partial charge in [0, 0.05) is 30.8 Å². The molecule has 0 saturated carbocycles. The van der Waals surface area contributed by atoms with Crippen molar-refractivity contribution in [3.8, 4) is 0 Å². The predicted molar refractivity (Wildman–Crippen MR) is 112 cm³/mol. The monoisotopic (exact) mass is 446 g/mol. The van der Waals surface area contributed by atoms with Crippen molar-refractivity contribution in [1.82, 2.24) is 14.3 Å². The quantitative estimate of drug-likeness (QED) is 0.172. The van der Waals surface area contributed by atoms with E-state index in [9.17, 15) is 23.3 Å². The van der Waals surface area contributed by atoms with E-state index in [0.717, 1.165) is 34.9 Å². The average molecular weight is 446 g/mol. The Bertz CT molecular complexity index is 1070. The number of benzene rings is 1. The smallest absolute Gasteiger partial charge is 0.281 e. The van der Waals surface area contributed by atoms with Crippen molar-refractivity contribution in [2.75, 3.05) is 19.7 Å². The maximum atomic E-state index is 13.3. The second-order valence-electron chi connectivity index (χ2n) is 6.55. The molecule has 11 nitrogen and oxygen atoms in total. The van der Waals surface area contributed by atoms with Crippen LogP contribution in [0.5, 0.6) is 0 Å².